The molecule has 0 fully saturated rings. The molecule has 0 saturated carbocycles. The smallest absolute Gasteiger partial charge is 0.110 e. The Hall–Kier alpha value is -2.24. The highest BCUT2D eigenvalue weighted by Crippen LogP contribution is 2.30. The van der Waals surface area contributed by atoms with Gasteiger partial charge in [0.15, 0.2) is 0 Å². The molecule has 128 valence electrons. The number of hydrogen-bond acceptors (Lipinski definition) is 4. The van der Waals surface area contributed by atoms with Crippen LogP contribution in [0, 0.1) is 0 Å². The summed E-state index contributed by atoms with van der Waals surface area (Å²) in [4.78, 5) is 9.42. The van der Waals surface area contributed by atoms with E-state index >= 15 is 0 Å². The third-order valence-corrected chi connectivity index (χ3v) is 5.54. The minimum absolute atomic E-state index is 0.0586. The predicted molar refractivity (Wildman–Crippen MR) is 103 cm³/mol. The van der Waals surface area contributed by atoms with E-state index in [1.807, 2.05) is 24.4 Å². The third-order valence-electron chi connectivity index (χ3n) is 4.63. The van der Waals surface area contributed by atoms with Gasteiger partial charge in [-0.15, -0.1) is 11.3 Å². The molecule has 0 aliphatic heterocycles. The van der Waals surface area contributed by atoms with Crippen LogP contribution in [0.25, 0.3) is 21.3 Å². The molecule has 25 heavy (non-hydrogen) atoms. The molecule has 4 rings (SSSR count). The first-order chi connectivity index (χ1) is 12.3. The van der Waals surface area contributed by atoms with Crippen LogP contribution in [-0.2, 0) is 19.6 Å². The molecule has 1 aromatic carbocycles. The summed E-state index contributed by atoms with van der Waals surface area (Å²) in [5, 5.41) is 11.8. The Bertz CT molecular complexity index is 1020. The van der Waals surface area contributed by atoms with Crippen LogP contribution in [0.4, 0.5) is 0 Å². The Labute approximate surface area is 150 Å². The molecule has 0 atom stereocenters. The highest BCUT2D eigenvalue weighted by Gasteiger charge is 2.16. The summed E-state index contributed by atoms with van der Waals surface area (Å²) in [6.45, 7) is 2.99. The zero-order chi connectivity index (χ0) is 17.2. The van der Waals surface area contributed by atoms with Gasteiger partial charge in [0, 0.05) is 13.0 Å². The van der Waals surface area contributed by atoms with Crippen molar-refractivity contribution in [2.45, 2.75) is 39.3 Å². The molecule has 3 aromatic heterocycles. The summed E-state index contributed by atoms with van der Waals surface area (Å²) >= 11 is 1.72. The van der Waals surface area contributed by atoms with Crippen LogP contribution >= 0.6 is 11.3 Å². The maximum absolute atomic E-state index is 9.68. The number of hydrogen-bond donors (Lipinski definition) is 1. The molecule has 4 nitrogen and oxygen atoms in total. The fraction of sp³-hybridized carbons (Fsp3) is 0.300. The standard InChI is InChI=1S/C20H21N3OS/c1-2-3-8-18-22-17-11-21-16-9-10-25-20(16)19(17)23(18)12-14-6-4-5-7-15(14)13-24/h4-7,9-11,24H,2-3,8,12-13H2,1H3. The lowest BCUT2D eigenvalue weighted by atomic mass is 10.1. The minimum Gasteiger partial charge on any atom is -0.392 e. The Balaban J connectivity index is 1.90. The van der Waals surface area contributed by atoms with E-state index < -0.39 is 0 Å². The van der Waals surface area contributed by atoms with Gasteiger partial charge in [-0.3, -0.25) is 4.98 Å². The van der Waals surface area contributed by atoms with Crippen molar-refractivity contribution in [2.24, 2.45) is 0 Å². The topological polar surface area (TPSA) is 50.9 Å². The van der Waals surface area contributed by atoms with Crippen molar-refractivity contribution in [2.75, 3.05) is 0 Å². The molecule has 0 aliphatic carbocycles. The van der Waals surface area contributed by atoms with Gasteiger partial charge in [-0.25, -0.2) is 4.98 Å². The van der Waals surface area contributed by atoms with Crippen LogP contribution in [-0.4, -0.2) is 19.6 Å². The lowest BCUT2D eigenvalue weighted by molar-refractivity contribution is 0.280. The summed E-state index contributed by atoms with van der Waals surface area (Å²) in [6.07, 6.45) is 5.10. The normalized spacial score (nSPS) is 11.6. The number of thiophene rings is 1. The number of aliphatic hydroxyl groups excluding tert-OH is 1. The number of imidazole rings is 1. The van der Waals surface area contributed by atoms with Gasteiger partial charge in [0.05, 0.1) is 28.5 Å². The summed E-state index contributed by atoms with van der Waals surface area (Å²) in [6, 6.07) is 10.1. The number of nitrogens with zero attached hydrogens (tertiary/aromatic N) is 3. The van der Waals surface area contributed by atoms with Crippen molar-refractivity contribution in [1.29, 1.82) is 0 Å². The quantitative estimate of drug-likeness (QED) is 0.555. The van der Waals surface area contributed by atoms with Gasteiger partial charge in [0.1, 0.15) is 11.3 Å². The third kappa shape index (κ3) is 2.94. The van der Waals surface area contributed by atoms with E-state index in [0.717, 1.165) is 53.8 Å². The Morgan fingerprint density at radius 2 is 1.96 bits per heavy atom. The van der Waals surface area contributed by atoms with Gasteiger partial charge < -0.3 is 9.67 Å². The van der Waals surface area contributed by atoms with Gasteiger partial charge in [0.2, 0.25) is 0 Å². The maximum atomic E-state index is 9.68. The molecular weight excluding hydrogens is 330 g/mol. The van der Waals surface area contributed by atoms with Crippen LogP contribution in [0.5, 0.6) is 0 Å². The van der Waals surface area contributed by atoms with E-state index in [-0.39, 0.29) is 6.61 Å². The van der Waals surface area contributed by atoms with Crippen molar-refractivity contribution in [3.8, 4) is 0 Å². The monoisotopic (exact) mass is 351 g/mol. The number of benzene rings is 1. The number of aromatic nitrogens is 3. The van der Waals surface area contributed by atoms with Crippen LogP contribution in [0.1, 0.15) is 36.7 Å². The van der Waals surface area contributed by atoms with E-state index in [9.17, 15) is 5.11 Å². The molecule has 0 unspecified atom stereocenters. The number of unbranched alkanes of at least 4 members (excludes halogenated alkanes) is 1. The number of aliphatic hydroxyl groups is 1. The van der Waals surface area contributed by atoms with Crippen LogP contribution < -0.4 is 0 Å². The van der Waals surface area contributed by atoms with Crippen molar-refractivity contribution >= 4 is 32.6 Å². The van der Waals surface area contributed by atoms with Crippen molar-refractivity contribution in [3.05, 3.63) is 58.9 Å². The average molecular weight is 351 g/mol. The van der Waals surface area contributed by atoms with Crippen molar-refractivity contribution in [3.63, 3.8) is 0 Å². The van der Waals surface area contributed by atoms with Gasteiger partial charge in [-0.1, -0.05) is 37.6 Å². The van der Waals surface area contributed by atoms with E-state index in [2.05, 4.69) is 34.0 Å². The van der Waals surface area contributed by atoms with Crippen LogP contribution in [0.3, 0.4) is 0 Å². The number of fused-ring (bicyclic) bond motifs is 3. The molecular formula is C20H21N3OS. The zero-order valence-corrected chi connectivity index (χ0v) is 15.1. The van der Waals surface area contributed by atoms with Crippen LogP contribution in [0.2, 0.25) is 0 Å². The number of aryl methyl sites for hydroxylation is 1. The van der Waals surface area contributed by atoms with Crippen LogP contribution in [0.15, 0.2) is 41.9 Å². The first-order valence-electron chi connectivity index (χ1n) is 8.70. The molecule has 0 bridgehead atoms. The first-order valence-corrected chi connectivity index (χ1v) is 9.58. The fourth-order valence-electron chi connectivity index (χ4n) is 3.29. The van der Waals surface area contributed by atoms with E-state index in [1.165, 1.54) is 10.2 Å². The van der Waals surface area contributed by atoms with E-state index in [4.69, 9.17) is 4.98 Å². The van der Waals surface area contributed by atoms with Crippen molar-refractivity contribution < 1.29 is 5.11 Å². The van der Waals surface area contributed by atoms with Gasteiger partial charge in [-0.2, -0.15) is 0 Å². The van der Waals surface area contributed by atoms with Gasteiger partial charge in [-0.05, 0) is 29.0 Å². The molecule has 5 heteroatoms. The van der Waals surface area contributed by atoms with Crippen molar-refractivity contribution in [1.82, 2.24) is 14.5 Å². The molecule has 1 N–H and O–H groups in total. The Morgan fingerprint density at radius 1 is 1.12 bits per heavy atom. The molecule has 0 aliphatic rings. The minimum atomic E-state index is 0.0586. The highest BCUT2D eigenvalue weighted by atomic mass is 32.1. The molecule has 0 radical (unpaired) electrons. The lowest BCUT2D eigenvalue weighted by Crippen LogP contribution is -2.07. The molecule has 3 heterocycles. The molecule has 4 aromatic rings. The predicted octanol–water partition coefficient (Wildman–Crippen LogP) is 4.53. The number of rotatable bonds is 6. The van der Waals surface area contributed by atoms with Gasteiger partial charge in [0.25, 0.3) is 0 Å². The largest absolute Gasteiger partial charge is 0.392 e. The Morgan fingerprint density at radius 3 is 2.76 bits per heavy atom. The average Bonchev–Trinajstić information content (AvgIpc) is 3.24. The van der Waals surface area contributed by atoms with Gasteiger partial charge >= 0.3 is 0 Å². The maximum Gasteiger partial charge on any atom is 0.110 e. The van der Waals surface area contributed by atoms with E-state index in [1.54, 1.807) is 11.3 Å². The zero-order valence-electron chi connectivity index (χ0n) is 14.3. The summed E-state index contributed by atoms with van der Waals surface area (Å²) in [5.74, 6) is 1.10. The summed E-state index contributed by atoms with van der Waals surface area (Å²) in [7, 11) is 0. The lowest BCUT2D eigenvalue weighted by Gasteiger charge is -2.12. The second-order valence-electron chi connectivity index (χ2n) is 6.27. The molecule has 0 spiro atoms. The molecule has 0 amide bonds. The molecule has 0 saturated heterocycles. The number of pyridine rings is 1. The Kier molecular flexibility index (Phi) is 4.51. The second kappa shape index (κ2) is 6.94. The second-order valence-corrected chi connectivity index (χ2v) is 7.19. The fourth-order valence-corrected chi connectivity index (χ4v) is 4.19. The van der Waals surface area contributed by atoms with E-state index in [0.29, 0.717) is 0 Å². The SMILES string of the molecule is CCCCc1nc2cnc3ccsc3c2n1Cc1ccccc1CO. The highest BCUT2D eigenvalue weighted by molar-refractivity contribution is 7.18. The summed E-state index contributed by atoms with van der Waals surface area (Å²) in [5.41, 5.74) is 5.27. The first kappa shape index (κ1) is 16.2. The summed E-state index contributed by atoms with van der Waals surface area (Å²) < 4.78 is 3.51.